The van der Waals surface area contributed by atoms with Gasteiger partial charge in [0.2, 0.25) is 0 Å². The first-order chi connectivity index (χ1) is 9.38. The van der Waals surface area contributed by atoms with Crippen LogP contribution in [0.25, 0.3) is 10.1 Å². The van der Waals surface area contributed by atoms with Crippen molar-refractivity contribution in [2.75, 3.05) is 13.2 Å². The second kappa shape index (κ2) is 5.76. The highest BCUT2D eigenvalue weighted by atomic mass is 32.1. The van der Waals surface area contributed by atoms with E-state index in [1.165, 1.54) is 15.0 Å². The SMILES string of the molecule is CCCNC(C1=CCCO1)c1cc2ccccc2s1. The molecular formula is C16H19NOS. The fourth-order valence-electron chi connectivity index (χ4n) is 2.41. The molecular weight excluding hydrogens is 254 g/mol. The molecule has 0 fully saturated rings. The summed E-state index contributed by atoms with van der Waals surface area (Å²) in [5.41, 5.74) is 0. The second-order valence-corrected chi connectivity index (χ2v) is 5.93. The molecule has 1 unspecified atom stereocenters. The Morgan fingerprint density at radius 1 is 1.37 bits per heavy atom. The highest BCUT2D eigenvalue weighted by Gasteiger charge is 2.22. The van der Waals surface area contributed by atoms with Crippen LogP contribution in [0.2, 0.25) is 0 Å². The van der Waals surface area contributed by atoms with Crippen LogP contribution in [0.5, 0.6) is 0 Å². The summed E-state index contributed by atoms with van der Waals surface area (Å²) < 4.78 is 7.11. The lowest BCUT2D eigenvalue weighted by Gasteiger charge is -2.18. The Morgan fingerprint density at radius 2 is 2.26 bits per heavy atom. The van der Waals surface area contributed by atoms with Gasteiger partial charge in [0.1, 0.15) is 5.76 Å². The highest BCUT2D eigenvalue weighted by molar-refractivity contribution is 7.19. The number of hydrogen-bond donors (Lipinski definition) is 1. The molecule has 0 spiro atoms. The number of rotatable bonds is 5. The lowest BCUT2D eigenvalue weighted by molar-refractivity contribution is 0.216. The summed E-state index contributed by atoms with van der Waals surface area (Å²) in [5.74, 6) is 1.10. The summed E-state index contributed by atoms with van der Waals surface area (Å²) in [7, 11) is 0. The summed E-state index contributed by atoms with van der Waals surface area (Å²) in [4.78, 5) is 1.35. The summed E-state index contributed by atoms with van der Waals surface area (Å²) in [6, 6.07) is 11.1. The molecule has 2 aromatic rings. The van der Waals surface area contributed by atoms with E-state index in [9.17, 15) is 0 Å². The first kappa shape index (κ1) is 12.7. The quantitative estimate of drug-likeness (QED) is 0.879. The maximum atomic E-state index is 5.77. The summed E-state index contributed by atoms with van der Waals surface area (Å²) in [6.45, 7) is 4.03. The molecule has 3 heteroatoms. The van der Waals surface area contributed by atoms with E-state index in [0.29, 0.717) is 0 Å². The Balaban J connectivity index is 1.93. The van der Waals surface area contributed by atoms with E-state index >= 15 is 0 Å². The molecule has 0 amide bonds. The Hall–Kier alpha value is -1.32. The van der Waals surface area contributed by atoms with Gasteiger partial charge >= 0.3 is 0 Å². The maximum absolute atomic E-state index is 5.77. The molecule has 2 nitrogen and oxygen atoms in total. The van der Waals surface area contributed by atoms with Crippen molar-refractivity contribution in [2.24, 2.45) is 0 Å². The minimum Gasteiger partial charge on any atom is -0.496 e. The largest absolute Gasteiger partial charge is 0.496 e. The van der Waals surface area contributed by atoms with Gasteiger partial charge in [-0.15, -0.1) is 11.3 Å². The zero-order valence-electron chi connectivity index (χ0n) is 11.2. The molecule has 1 aliphatic heterocycles. The van der Waals surface area contributed by atoms with Gasteiger partial charge in [0, 0.05) is 16.0 Å². The molecule has 100 valence electrons. The van der Waals surface area contributed by atoms with E-state index in [-0.39, 0.29) is 6.04 Å². The van der Waals surface area contributed by atoms with Crippen LogP contribution >= 0.6 is 11.3 Å². The number of fused-ring (bicyclic) bond motifs is 1. The van der Waals surface area contributed by atoms with Crippen molar-refractivity contribution >= 4 is 21.4 Å². The number of hydrogen-bond acceptors (Lipinski definition) is 3. The summed E-state index contributed by atoms with van der Waals surface area (Å²) in [6.07, 6.45) is 4.39. The predicted octanol–water partition coefficient (Wildman–Crippen LogP) is 4.25. The van der Waals surface area contributed by atoms with Gasteiger partial charge in [-0.05, 0) is 36.6 Å². The maximum Gasteiger partial charge on any atom is 0.114 e. The number of thiophene rings is 1. The van der Waals surface area contributed by atoms with Crippen LogP contribution in [-0.4, -0.2) is 13.2 Å². The standard InChI is InChI=1S/C16H19NOS/c1-2-9-17-16(13-7-5-10-18-13)15-11-12-6-3-4-8-14(12)19-15/h3-4,6-8,11,16-17H,2,5,9-10H2,1H3. The first-order valence-corrected chi connectivity index (χ1v) is 7.75. The van der Waals surface area contributed by atoms with E-state index < -0.39 is 0 Å². The van der Waals surface area contributed by atoms with Gasteiger partial charge in [-0.3, -0.25) is 0 Å². The number of ether oxygens (including phenoxy) is 1. The predicted molar refractivity (Wildman–Crippen MR) is 81.5 cm³/mol. The van der Waals surface area contributed by atoms with Crippen LogP contribution < -0.4 is 5.32 Å². The van der Waals surface area contributed by atoms with Crippen LogP contribution in [0.1, 0.15) is 30.7 Å². The van der Waals surface area contributed by atoms with Crippen LogP contribution in [-0.2, 0) is 4.74 Å². The topological polar surface area (TPSA) is 21.3 Å². The third-order valence-electron chi connectivity index (χ3n) is 3.34. The highest BCUT2D eigenvalue weighted by Crippen LogP contribution is 2.34. The van der Waals surface area contributed by atoms with Gasteiger partial charge in [0.15, 0.2) is 0 Å². The molecule has 0 saturated carbocycles. The van der Waals surface area contributed by atoms with Gasteiger partial charge in [-0.25, -0.2) is 0 Å². The van der Waals surface area contributed by atoms with E-state index in [0.717, 1.165) is 31.8 Å². The van der Waals surface area contributed by atoms with Crippen molar-refractivity contribution in [3.63, 3.8) is 0 Å². The molecule has 0 bridgehead atoms. The van der Waals surface area contributed by atoms with Gasteiger partial charge in [-0.2, -0.15) is 0 Å². The second-order valence-electron chi connectivity index (χ2n) is 4.82. The zero-order valence-corrected chi connectivity index (χ0v) is 12.0. The van der Waals surface area contributed by atoms with Gasteiger partial charge < -0.3 is 10.1 Å². The smallest absolute Gasteiger partial charge is 0.114 e. The fourth-order valence-corrected chi connectivity index (χ4v) is 3.56. The molecule has 1 atom stereocenters. The zero-order chi connectivity index (χ0) is 13.1. The van der Waals surface area contributed by atoms with Crippen LogP contribution in [0.4, 0.5) is 0 Å². The number of benzene rings is 1. The average Bonchev–Trinajstić information content (AvgIpc) is 3.08. The normalized spacial score (nSPS) is 16.4. The fraction of sp³-hybridized carbons (Fsp3) is 0.375. The first-order valence-electron chi connectivity index (χ1n) is 6.93. The van der Waals surface area contributed by atoms with Gasteiger partial charge in [0.25, 0.3) is 0 Å². The molecule has 19 heavy (non-hydrogen) atoms. The third-order valence-corrected chi connectivity index (χ3v) is 4.53. The molecule has 0 saturated heterocycles. The van der Waals surface area contributed by atoms with Crippen molar-refractivity contribution in [2.45, 2.75) is 25.8 Å². The van der Waals surface area contributed by atoms with Crippen molar-refractivity contribution in [1.82, 2.24) is 5.32 Å². The van der Waals surface area contributed by atoms with Crippen LogP contribution in [0.3, 0.4) is 0 Å². The molecule has 1 aromatic carbocycles. The molecule has 1 aliphatic rings. The monoisotopic (exact) mass is 273 g/mol. The van der Waals surface area contributed by atoms with Crippen molar-refractivity contribution in [3.8, 4) is 0 Å². The van der Waals surface area contributed by atoms with Gasteiger partial charge in [-0.1, -0.05) is 25.1 Å². The van der Waals surface area contributed by atoms with Crippen LogP contribution in [0, 0.1) is 0 Å². The van der Waals surface area contributed by atoms with Crippen LogP contribution in [0.15, 0.2) is 42.2 Å². The number of nitrogens with one attached hydrogen (secondary N) is 1. The van der Waals surface area contributed by atoms with E-state index in [4.69, 9.17) is 4.74 Å². The lowest BCUT2D eigenvalue weighted by atomic mass is 10.1. The van der Waals surface area contributed by atoms with Crippen molar-refractivity contribution < 1.29 is 4.74 Å². The summed E-state index contributed by atoms with van der Waals surface area (Å²) in [5, 5.41) is 4.93. The molecule has 0 aliphatic carbocycles. The Labute approximate surface area is 118 Å². The van der Waals surface area contributed by atoms with E-state index in [1.807, 2.05) is 11.3 Å². The van der Waals surface area contributed by atoms with Crippen molar-refractivity contribution in [1.29, 1.82) is 0 Å². The average molecular weight is 273 g/mol. The Morgan fingerprint density at radius 3 is 3.00 bits per heavy atom. The van der Waals surface area contributed by atoms with Gasteiger partial charge in [0.05, 0.1) is 12.6 Å². The molecule has 1 aromatic heterocycles. The minimum atomic E-state index is 0.222. The molecule has 0 radical (unpaired) electrons. The summed E-state index contributed by atoms with van der Waals surface area (Å²) >= 11 is 1.86. The molecule has 3 rings (SSSR count). The minimum absolute atomic E-state index is 0.222. The Bertz CT molecular complexity index is 554. The third kappa shape index (κ3) is 2.67. The molecule has 1 N–H and O–H groups in total. The van der Waals surface area contributed by atoms with Crippen molar-refractivity contribution in [3.05, 3.63) is 47.0 Å². The molecule has 2 heterocycles. The van der Waals surface area contributed by atoms with E-state index in [1.54, 1.807) is 0 Å². The Kier molecular flexibility index (Phi) is 3.85. The van der Waals surface area contributed by atoms with E-state index in [2.05, 4.69) is 48.6 Å². The lowest BCUT2D eigenvalue weighted by Crippen LogP contribution is -2.23.